The highest BCUT2D eigenvalue weighted by Gasteiger charge is 1.54. The molecule has 0 spiro atoms. The molecule has 0 saturated heterocycles. The Balaban J connectivity index is 3.08. The van der Waals surface area contributed by atoms with Gasteiger partial charge in [0.2, 0.25) is 0 Å². The van der Waals surface area contributed by atoms with Crippen molar-refractivity contribution in [2.24, 2.45) is 5.10 Å². The van der Waals surface area contributed by atoms with Crippen LogP contribution in [-0.2, 0) is 0 Å². The number of nitrogens with one attached hydrogen (secondary N) is 1. The fourth-order valence-corrected chi connectivity index (χ4v) is 0.148. The van der Waals surface area contributed by atoms with Crippen LogP contribution in [0.2, 0.25) is 0 Å². The van der Waals surface area contributed by atoms with E-state index in [1.807, 2.05) is 0 Å². The Hall–Kier alpha value is -1.05. The number of hydrogen-bond acceptors (Lipinski definition) is 2. The Labute approximate surface area is 43.2 Å². The van der Waals surface area contributed by atoms with Crippen molar-refractivity contribution in [3.63, 3.8) is 0 Å². The van der Waals surface area contributed by atoms with Gasteiger partial charge in [-0.3, -0.25) is 5.43 Å². The maximum absolute atomic E-state index is 3.60. The molecule has 0 aromatic carbocycles. The summed E-state index contributed by atoms with van der Waals surface area (Å²) in [5, 5.41) is 3.60. The van der Waals surface area contributed by atoms with Crippen molar-refractivity contribution in [1.29, 1.82) is 0 Å². The molecule has 0 aromatic heterocycles. The summed E-state index contributed by atoms with van der Waals surface area (Å²) >= 11 is 0. The molecule has 7 heavy (non-hydrogen) atoms. The van der Waals surface area contributed by atoms with Crippen molar-refractivity contribution in [3.05, 3.63) is 25.4 Å². The lowest BCUT2D eigenvalue weighted by Gasteiger charge is -1.79. The van der Waals surface area contributed by atoms with Crippen molar-refractivity contribution in [2.75, 3.05) is 0 Å². The van der Waals surface area contributed by atoms with Gasteiger partial charge in [0.15, 0.2) is 0 Å². The molecule has 2 nitrogen and oxygen atoms in total. The monoisotopic (exact) mass is 96.1 g/mol. The van der Waals surface area contributed by atoms with E-state index in [-0.39, 0.29) is 0 Å². The number of allylic oxidation sites excluding steroid dienone is 1. The van der Waals surface area contributed by atoms with Crippen molar-refractivity contribution in [1.82, 2.24) is 5.43 Å². The second kappa shape index (κ2) is 4.95. The normalized spacial score (nSPS) is 8.57. The Morgan fingerprint density at radius 2 is 2.14 bits per heavy atom. The van der Waals surface area contributed by atoms with E-state index in [1.54, 1.807) is 12.3 Å². The molecule has 0 atom stereocenters. The van der Waals surface area contributed by atoms with Gasteiger partial charge < -0.3 is 0 Å². The van der Waals surface area contributed by atoms with E-state index >= 15 is 0 Å². The van der Waals surface area contributed by atoms with Gasteiger partial charge in [-0.25, -0.2) is 0 Å². The van der Waals surface area contributed by atoms with Gasteiger partial charge in [-0.05, 0) is 6.08 Å². The van der Waals surface area contributed by atoms with Gasteiger partial charge in [0.05, 0.1) is 0 Å². The lowest BCUT2D eigenvalue weighted by Crippen LogP contribution is -1.89. The summed E-state index contributed by atoms with van der Waals surface area (Å²) in [4.78, 5) is 0. The lowest BCUT2D eigenvalue weighted by atomic mass is 10.7. The molecular formula is C5H8N2. The number of nitrogens with zero attached hydrogens (tertiary/aromatic N) is 1. The SMILES string of the molecule is C=C/C=N\NC=C. The largest absolute Gasteiger partial charge is 0.286 e. The molecule has 0 rings (SSSR count). The molecule has 0 bridgehead atoms. The van der Waals surface area contributed by atoms with Gasteiger partial charge >= 0.3 is 0 Å². The Kier molecular flexibility index (Phi) is 4.21. The van der Waals surface area contributed by atoms with Crippen molar-refractivity contribution in [2.45, 2.75) is 0 Å². The average molecular weight is 96.1 g/mol. The van der Waals surface area contributed by atoms with Crippen LogP contribution in [0.1, 0.15) is 0 Å². The molecule has 0 fully saturated rings. The zero-order valence-corrected chi connectivity index (χ0v) is 4.09. The molecule has 0 aliphatic rings. The van der Waals surface area contributed by atoms with E-state index in [9.17, 15) is 0 Å². The molecule has 1 N–H and O–H groups in total. The Morgan fingerprint density at radius 3 is 2.57 bits per heavy atom. The topological polar surface area (TPSA) is 24.4 Å². The van der Waals surface area contributed by atoms with Crippen LogP contribution in [-0.4, -0.2) is 6.21 Å². The van der Waals surface area contributed by atoms with E-state index in [4.69, 9.17) is 0 Å². The van der Waals surface area contributed by atoms with Crippen LogP contribution in [0, 0.1) is 0 Å². The fraction of sp³-hybridized carbons (Fsp3) is 0. The molecule has 0 aromatic rings. The van der Waals surface area contributed by atoms with Crippen LogP contribution >= 0.6 is 0 Å². The molecule has 0 amide bonds. The third-order valence-corrected chi connectivity index (χ3v) is 0.346. The minimum absolute atomic E-state index is 1.49. The first-order chi connectivity index (χ1) is 3.41. The summed E-state index contributed by atoms with van der Waals surface area (Å²) in [6, 6.07) is 0. The summed E-state index contributed by atoms with van der Waals surface area (Å²) in [6.45, 7) is 6.78. The first-order valence-corrected chi connectivity index (χ1v) is 1.92. The summed E-state index contributed by atoms with van der Waals surface area (Å²) < 4.78 is 0. The van der Waals surface area contributed by atoms with E-state index in [1.165, 1.54) is 6.20 Å². The van der Waals surface area contributed by atoms with Crippen molar-refractivity contribution in [3.8, 4) is 0 Å². The van der Waals surface area contributed by atoms with Crippen molar-refractivity contribution >= 4 is 6.21 Å². The van der Waals surface area contributed by atoms with Gasteiger partial charge in [-0.15, -0.1) is 0 Å². The average Bonchev–Trinajstić information content (AvgIpc) is 1.69. The second-order valence-corrected chi connectivity index (χ2v) is 0.847. The summed E-state index contributed by atoms with van der Waals surface area (Å²) in [6.07, 6.45) is 4.61. The molecule has 0 radical (unpaired) electrons. The number of hydrazone groups is 1. The zero-order chi connectivity index (χ0) is 5.54. The number of rotatable bonds is 3. The predicted molar refractivity (Wildman–Crippen MR) is 32.0 cm³/mol. The third kappa shape index (κ3) is 4.95. The van der Waals surface area contributed by atoms with Crippen molar-refractivity contribution < 1.29 is 0 Å². The van der Waals surface area contributed by atoms with E-state index in [2.05, 4.69) is 23.7 Å². The standard InChI is InChI=1S/C5H8N2/c1-3-5-7-6-4-2/h3-6H,1-2H2/b7-5-. The summed E-state index contributed by atoms with van der Waals surface area (Å²) in [5.74, 6) is 0. The number of hydrogen-bond donors (Lipinski definition) is 1. The van der Waals surface area contributed by atoms with Gasteiger partial charge in [0.1, 0.15) is 0 Å². The first kappa shape index (κ1) is 5.95. The van der Waals surface area contributed by atoms with Crippen LogP contribution in [0.25, 0.3) is 0 Å². The van der Waals surface area contributed by atoms with E-state index in [0.717, 1.165) is 0 Å². The molecule has 0 aliphatic heterocycles. The molecule has 0 heterocycles. The van der Waals surface area contributed by atoms with Gasteiger partial charge in [0.25, 0.3) is 0 Å². The predicted octanol–water partition coefficient (Wildman–Crippen LogP) is 0.891. The van der Waals surface area contributed by atoms with E-state index in [0.29, 0.717) is 0 Å². The highest BCUT2D eigenvalue weighted by Crippen LogP contribution is 1.55. The smallest absolute Gasteiger partial charge is 0.0466 e. The molecular weight excluding hydrogens is 88.1 g/mol. The molecule has 2 heteroatoms. The molecule has 38 valence electrons. The van der Waals surface area contributed by atoms with Gasteiger partial charge in [-0.2, -0.15) is 5.10 Å². The highest BCUT2D eigenvalue weighted by molar-refractivity contribution is 5.69. The van der Waals surface area contributed by atoms with Crippen LogP contribution in [0.5, 0.6) is 0 Å². The van der Waals surface area contributed by atoms with Crippen LogP contribution in [0.15, 0.2) is 30.5 Å². The zero-order valence-electron chi connectivity index (χ0n) is 4.09. The van der Waals surface area contributed by atoms with Crippen LogP contribution < -0.4 is 5.43 Å². The van der Waals surface area contributed by atoms with Gasteiger partial charge in [0, 0.05) is 12.4 Å². The maximum Gasteiger partial charge on any atom is 0.0466 e. The quantitative estimate of drug-likeness (QED) is 0.409. The van der Waals surface area contributed by atoms with Gasteiger partial charge in [-0.1, -0.05) is 13.2 Å². The van der Waals surface area contributed by atoms with Crippen LogP contribution in [0.4, 0.5) is 0 Å². The molecule has 0 aliphatic carbocycles. The maximum atomic E-state index is 3.60. The Bertz CT molecular complexity index is 84.1. The first-order valence-electron chi connectivity index (χ1n) is 1.92. The third-order valence-electron chi connectivity index (χ3n) is 0.346. The van der Waals surface area contributed by atoms with E-state index < -0.39 is 0 Å². The van der Waals surface area contributed by atoms with Crippen LogP contribution in [0.3, 0.4) is 0 Å². The molecule has 0 unspecified atom stereocenters. The lowest BCUT2D eigenvalue weighted by molar-refractivity contribution is 0.981. The second-order valence-electron chi connectivity index (χ2n) is 0.847. The Morgan fingerprint density at radius 1 is 1.43 bits per heavy atom. The summed E-state index contributed by atoms with van der Waals surface area (Å²) in [7, 11) is 0. The fourth-order valence-electron chi connectivity index (χ4n) is 0.148. The highest BCUT2D eigenvalue weighted by atomic mass is 15.3. The minimum atomic E-state index is 1.49. The molecule has 0 saturated carbocycles. The minimum Gasteiger partial charge on any atom is -0.286 e. The summed E-state index contributed by atoms with van der Waals surface area (Å²) in [5.41, 5.74) is 2.51.